The summed E-state index contributed by atoms with van der Waals surface area (Å²) in [5.41, 5.74) is 1.08. The first-order valence-corrected chi connectivity index (χ1v) is 8.98. The van der Waals surface area contributed by atoms with E-state index in [9.17, 15) is 14.0 Å². The summed E-state index contributed by atoms with van der Waals surface area (Å²) in [7, 11) is 1.56. The van der Waals surface area contributed by atoms with Gasteiger partial charge in [0.05, 0.1) is 0 Å². The van der Waals surface area contributed by atoms with Crippen LogP contribution in [-0.4, -0.2) is 43.0 Å². The number of ether oxygens (including phenoxy) is 1. The van der Waals surface area contributed by atoms with Gasteiger partial charge in [0, 0.05) is 13.6 Å². The SMILES string of the molecule is CC[C@@H](C(=O)NC)N(CCc1ccccc1)C(=O)COc1ccc(F)cc1. The number of nitrogens with zero attached hydrogens (tertiary/aromatic N) is 1. The third-order valence-electron chi connectivity index (χ3n) is 4.29. The predicted molar refractivity (Wildman–Crippen MR) is 102 cm³/mol. The normalized spacial score (nSPS) is 11.5. The summed E-state index contributed by atoms with van der Waals surface area (Å²) < 4.78 is 18.5. The Hall–Kier alpha value is -2.89. The molecule has 1 N–H and O–H groups in total. The van der Waals surface area contributed by atoms with Gasteiger partial charge >= 0.3 is 0 Å². The summed E-state index contributed by atoms with van der Waals surface area (Å²) in [6.07, 6.45) is 1.13. The van der Waals surface area contributed by atoms with E-state index < -0.39 is 6.04 Å². The summed E-state index contributed by atoms with van der Waals surface area (Å²) >= 11 is 0. The second-order valence-electron chi connectivity index (χ2n) is 6.10. The van der Waals surface area contributed by atoms with E-state index >= 15 is 0 Å². The highest BCUT2D eigenvalue weighted by molar-refractivity contribution is 5.88. The largest absolute Gasteiger partial charge is 0.484 e. The van der Waals surface area contributed by atoms with Gasteiger partial charge in [0.15, 0.2) is 6.61 Å². The maximum absolute atomic E-state index is 13.0. The first kappa shape index (κ1) is 20.4. The van der Waals surface area contributed by atoms with E-state index in [1.54, 1.807) is 11.9 Å². The Bertz CT molecular complexity index is 735. The topological polar surface area (TPSA) is 58.6 Å². The van der Waals surface area contributed by atoms with E-state index in [1.165, 1.54) is 24.3 Å². The first-order chi connectivity index (χ1) is 13.0. The molecule has 0 saturated carbocycles. The van der Waals surface area contributed by atoms with Gasteiger partial charge in [-0.15, -0.1) is 0 Å². The van der Waals surface area contributed by atoms with Gasteiger partial charge in [-0.2, -0.15) is 0 Å². The van der Waals surface area contributed by atoms with Crippen molar-refractivity contribution in [2.24, 2.45) is 0 Å². The molecular weight excluding hydrogens is 347 g/mol. The van der Waals surface area contributed by atoms with Gasteiger partial charge < -0.3 is 15.0 Å². The molecule has 0 unspecified atom stereocenters. The number of amides is 2. The zero-order valence-electron chi connectivity index (χ0n) is 15.7. The van der Waals surface area contributed by atoms with Gasteiger partial charge in [-0.25, -0.2) is 4.39 Å². The van der Waals surface area contributed by atoms with Crippen LogP contribution in [0.5, 0.6) is 5.75 Å². The monoisotopic (exact) mass is 372 g/mol. The number of carbonyl (C=O) groups is 2. The van der Waals surface area contributed by atoms with E-state index in [4.69, 9.17) is 4.74 Å². The van der Waals surface area contributed by atoms with Crippen molar-refractivity contribution in [3.8, 4) is 5.75 Å². The summed E-state index contributed by atoms with van der Waals surface area (Å²) in [5.74, 6) is -0.462. The molecule has 27 heavy (non-hydrogen) atoms. The number of benzene rings is 2. The molecule has 2 amide bonds. The summed E-state index contributed by atoms with van der Waals surface area (Å²) in [6.45, 7) is 2.05. The molecule has 0 saturated heterocycles. The zero-order valence-corrected chi connectivity index (χ0v) is 15.7. The number of carbonyl (C=O) groups excluding carboxylic acids is 2. The Kier molecular flexibility index (Phi) is 7.79. The van der Waals surface area contributed by atoms with Crippen LogP contribution >= 0.6 is 0 Å². The lowest BCUT2D eigenvalue weighted by Gasteiger charge is -2.30. The van der Waals surface area contributed by atoms with Gasteiger partial charge in [-0.05, 0) is 42.7 Å². The lowest BCUT2D eigenvalue weighted by atomic mass is 10.1. The maximum atomic E-state index is 13.0. The molecule has 0 bridgehead atoms. The molecule has 0 aliphatic heterocycles. The Balaban J connectivity index is 2.07. The van der Waals surface area contributed by atoms with Crippen molar-refractivity contribution in [3.05, 3.63) is 66.0 Å². The third-order valence-corrected chi connectivity index (χ3v) is 4.29. The lowest BCUT2D eigenvalue weighted by molar-refractivity contribution is -0.142. The van der Waals surface area contributed by atoms with Crippen LogP contribution in [0.1, 0.15) is 18.9 Å². The predicted octanol–water partition coefficient (Wildman–Crippen LogP) is 2.80. The highest BCUT2D eigenvalue weighted by Gasteiger charge is 2.27. The molecule has 0 radical (unpaired) electrons. The molecule has 2 rings (SSSR count). The molecule has 6 heteroatoms. The van der Waals surface area contributed by atoms with Crippen molar-refractivity contribution in [1.29, 1.82) is 0 Å². The third kappa shape index (κ3) is 6.09. The van der Waals surface area contributed by atoms with Crippen molar-refractivity contribution in [2.75, 3.05) is 20.2 Å². The number of rotatable bonds is 9. The summed E-state index contributed by atoms with van der Waals surface area (Å²) in [5, 5.41) is 2.61. The fourth-order valence-electron chi connectivity index (χ4n) is 2.82. The second kappa shape index (κ2) is 10.3. The Labute approximate surface area is 159 Å². The van der Waals surface area contributed by atoms with Crippen LogP contribution in [0.15, 0.2) is 54.6 Å². The fourth-order valence-corrected chi connectivity index (χ4v) is 2.82. The van der Waals surface area contributed by atoms with Crippen LogP contribution in [-0.2, 0) is 16.0 Å². The molecule has 0 spiro atoms. The lowest BCUT2D eigenvalue weighted by Crippen LogP contribution is -2.50. The first-order valence-electron chi connectivity index (χ1n) is 8.98. The number of halogens is 1. The molecule has 0 aromatic heterocycles. The Morgan fingerprint density at radius 3 is 2.37 bits per heavy atom. The van der Waals surface area contributed by atoms with Crippen molar-refractivity contribution in [3.63, 3.8) is 0 Å². The van der Waals surface area contributed by atoms with E-state index in [0.717, 1.165) is 5.56 Å². The Morgan fingerprint density at radius 1 is 1.11 bits per heavy atom. The van der Waals surface area contributed by atoms with E-state index in [-0.39, 0.29) is 24.2 Å². The van der Waals surface area contributed by atoms with Crippen LogP contribution in [0.3, 0.4) is 0 Å². The minimum absolute atomic E-state index is 0.208. The van der Waals surface area contributed by atoms with E-state index in [0.29, 0.717) is 25.1 Å². The van der Waals surface area contributed by atoms with Crippen molar-refractivity contribution in [1.82, 2.24) is 10.2 Å². The van der Waals surface area contributed by atoms with E-state index in [2.05, 4.69) is 5.32 Å². The van der Waals surface area contributed by atoms with Crippen LogP contribution < -0.4 is 10.1 Å². The van der Waals surface area contributed by atoms with Crippen LogP contribution in [0.2, 0.25) is 0 Å². The van der Waals surface area contributed by atoms with Crippen LogP contribution in [0.4, 0.5) is 4.39 Å². The quantitative estimate of drug-likeness (QED) is 0.736. The number of hydrogen-bond donors (Lipinski definition) is 1. The second-order valence-corrected chi connectivity index (χ2v) is 6.10. The van der Waals surface area contributed by atoms with Crippen molar-refractivity contribution in [2.45, 2.75) is 25.8 Å². The average molecular weight is 372 g/mol. The molecule has 2 aromatic rings. The van der Waals surface area contributed by atoms with Crippen molar-refractivity contribution < 1.29 is 18.7 Å². The van der Waals surface area contributed by atoms with Gasteiger partial charge in [0.25, 0.3) is 5.91 Å². The highest BCUT2D eigenvalue weighted by atomic mass is 19.1. The molecule has 0 heterocycles. The average Bonchev–Trinajstić information content (AvgIpc) is 2.70. The molecule has 1 atom stereocenters. The number of likely N-dealkylation sites (N-methyl/N-ethyl adjacent to an activating group) is 1. The molecule has 5 nitrogen and oxygen atoms in total. The van der Waals surface area contributed by atoms with E-state index in [1.807, 2.05) is 37.3 Å². The molecule has 0 fully saturated rings. The summed E-state index contributed by atoms with van der Waals surface area (Å²) in [6, 6.07) is 14.7. The zero-order chi connectivity index (χ0) is 19.6. The molecular formula is C21H25FN2O3. The minimum Gasteiger partial charge on any atom is -0.484 e. The van der Waals surface area contributed by atoms with Gasteiger partial charge in [-0.3, -0.25) is 9.59 Å². The highest BCUT2D eigenvalue weighted by Crippen LogP contribution is 2.13. The molecule has 2 aromatic carbocycles. The van der Waals surface area contributed by atoms with Gasteiger partial charge in [0.2, 0.25) is 5.91 Å². The van der Waals surface area contributed by atoms with Gasteiger partial charge in [-0.1, -0.05) is 37.3 Å². The Morgan fingerprint density at radius 2 is 1.78 bits per heavy atom. The standard InChI is InChI=1S/C21H25FN2O3/c1-3-19(21(26)23-2)24(14-13-16-7-5-4-6-8-16)20(25)15-27-18-11-9-17(22)10-12-18/h4-12,19H,3,13-15H2,1-2H3,(H,23,26)/t19-/m0/s1. The number of nitrogens with one attached hydrogen (secondary N) is 1. The summed E-state index contributed by atoms with van der Waals surface area (Å²) in [4.78, 5) is 26.5. The molecule has 0 aliphatic rings. The van der Waals surface area contributed by atoms with Gasteiger partial charge in [0.1, 0.15) is 17.6 Å². The maximum Gasteiger partial charge on any atom is 0.261 e. The van der Waals surface area contributed by atoms with Crippen LogP contribution in [0.25, 0.3) is 0 Å². The molecule has 0 aliphatic carbocycles. The number of hydrogen-bond acceptors (Lipinski definition) is 3. The molecule has 144 valence electrons. The smallest absolute Gasteiger partial charge is 0.261 e. The fraction of sp³-hybridized carbons (Fsp3) is 0.333. The van der Waals surface area contributed by atoms with Crippen molar-refractivity contribution >= 4 is 11.8 Å². The minimum atomic E-state index is -0.567. The van der Waals surface area contributed by atoms with Crippen LogP contribution in [0, 0.1) is 5.82 Å².